The van der Waals surface area contributed by atoms with Crippen LogP contribution in [0.5, 0.6) is 11.5 Å². The summed E-state index contributed by atoms with van der Waals surface area (Å²) in [7, 11) is 0. The van der Waals surface area contributed by atoms with Gasteiger partial charge in [-0.15, -0.1) is 0 Å². The van der Waals surface area contributed by atoms with Crippen LogP contribution >= 0.6 is 11.6 Å². The summed E-state index contributed by atoms with van der Waals surface area (Å²) < 4.78 is 10.9. The van der Waals surface area contributed by atoms with Gasteiger partial charge >= 0.3 is 0 Å². The molecule has 0 saturated carbocycles. The summed E-state index contributed by atoms with van der Waals surface area (Å²) in [5, 5.41) is 0.492. The standard InChI is InChI=1S/C13H17ClO3/c1-4-10(3)17-13-6-5-11(7-12(13)14)16-8-9(2)15/h5-7,10H,4,8H2,1-3H3. The van der Waals surface area contributed by atoms with Crippen LogP contribution < -0.4 is 9.47 Å². The first-order valence-electron chi connectivity index (χ1n) is 5.61. The third-order valence-electron chi connectivity index (χ3n) is 2.25. The van der Waals surface area contributed by atoms with Gasteiger partial charge in [-0.3, -0.25) is 4.79 Å². The quantitative estimate of drug-likeness (QED) is 0.782. The van der Waals surface area contributed by atoms with Crippen molar-refractivity contribution in [3.8, 4) is 11.5 Å². The molecule has 0 saturated heterocycles. The Kier molecular flexibility index (Phi) is 5.29. The molecule has 1 aromatic carbocycles. The normalized spacial score (nSPS) is 12.0. The first-order chi connectivity index (χ1) is 8.02. The number of rotatable bonds is 6. The Morgan fingerprint density at radius 3 is 2.71 bits per heavy atom. The van der Waals surface area contributed by atoms with E-state index < -0.39 is 0 Å². The van der Waals surface area contributed by atoms with Gasteiger partial charge in [-0.2, -0.15) is 0 Å². The van der Waals surface area contributed by atoms with Gasteiger partial charge in [0.25, 0.3) is 0 Å². The van der Waals surface area contributed by atoms with Crippen molar-refractivity contribution in [2.75, 3.05) is 6.61 Å². The van der Waals surface area contributed by atoms with E-state index in [1.807, 2.05) is 13.8 Å². The molecule has 0 fully saturated rings. The highest BCUT2D eigenvalue weighted by molar-refractivity contribution is 6.32. The van der Waals surface area contributed by atoms with Crippen LogP contribution in [-0.2, 0) is 4.79 Å². The molecule has 0 spiro atoms. The highest BCUT2D eigenvalue weighted by Gasteiger charge is 2.07. The second-order valence-corrected chi connectivity index (χ2v) is 4.33. The Bertz CT molecular complexity index is 390. The number of Topliss-reactive ketones (excluding diaryl/α,β-unsaturated/α-hetero) is 1. The molecule has 1 rings (SSSR count). The Morgan fingerprint density at radius 1 is 1.47 bits per heavy atom. The van der Waals surface area contributed by atoms with Crippen LogP contribution in [0, 0.1) is 0 Å². The van der Waals surface area contributed by atoms with Gasteiger partial charge in [0.15, 0.2) is 5.78 Å². The van der Waals surface area contributed by atoms with Crippen LogP contribution in [0.3, 0.4) is 0 Å². The number of hydrogen-bond donors (Lipinski definition) is 0. The maximum absolute atomic E-state index is 10.8. The van der Waals surface area contributed by atoms with Crippen molar-refractivity contribution in [2.24, 2.45) is 0 Å². The zero-order valence-electron chi connectivity index (χ0n) is 10.3. The summed E-state index contributed by atoms with van der Waals surface area (Å²) >= 11 is 6.06. The largest absolute Gasteiger partial charge is 0.489 e. The zero-order chi connectivity index (χ0) is 12.8. The van der Waals surface area contributed by atoms with Gasteiger partial charge in [0.1, 0.15) is 18.1 Å². The third-order valence-corrected chi connectivity index (χ3v) is 2.54. The van der Waals surface area contributed by atoms with Crippen LogP contribution in [0.4, 0.5) is 0 Å². The van der Waals surface area contributed by atoms with Gasteiger partial charge in [-0.05, 0) is 32.4 Å². The fourth-order valence-corrected chi connectivity index (χ4v) is 1.37. The van der Waals surface area contributed by atoms with Gasteiger partial charge in [-0.25, -0.2) is 0 Å². The summed E-state index contributed by atoms with van der Waals surface area (Å²) in [5.41, 5.74) is 0. The van der Waals surface area contributed by atoms with Crippen molar-refractivity contribution >= 4 is 17.4 Å². The SMILES string of the molecule is CCC(C)Oc1ccc(OCC(C)=O)cc1Cl. The second-order valence-electron chi connectivity index (χ2n) is 3.92. The molecule has 94 valence electrons. The molecule has 1 aromatic rings. The minimum atomic E-state index is -0.0268. The Balaban J connectivity index is 2.68. The van der Waals surface area contributed by atoms with Crippen molar-refractivity contribution < 1.29 is 14.3 Å². The van der Waals surface area contributed by atoms with Gasteiger partial charge in [-0.1, -0.05) is 18.5 Å². The Labute approximate surface area is 107 Å². The van der Waals surface area contributed by atoms with Crippen LogP contribution in [0.25, 0.3) is 0 Å². The topological polar surface area (TPSA) is 35.5 Å². The summed E-state index contributed by atoms with van der Waals surface area (Å²) in [4.78, 5) is 10.8. The number of carbonyl (C=O) groups excluding carboxylic acids is 1. The predicted molar refractivity (Wildman–Crippen MR) is 68.0 cm³/mol. The van der Waals surface area contributed by atoms with E-state index >= 15 is 0 Å². The monoisotopic (exact) mass is 256 g/mol. The molecule has 4 heteroatoms. The van der Waals surface area contributed by atoms with Crippen LogP contribution in [0.15, 0.2) is 18.2 Å². The molecule has 0 radical (unpaired) electrons. The molecule has 0 heterocycles. The van der Waals surface area contributed by atoms with Crippen molar-refractivity contribution in [1.82, 2.24) is 0 Å². The lowest BCUT2D eigenvalue weighted by atomic mass is 10.3. The third kappa shape index (κ3) is 4.65. The number of ketones is 1. The zero-order valence-corrected chi connectivity index (χ0v) is 11.1. The maximum Gasteiger partial charge on any atom is 0.167 e. The average Bonchev–Trinajstić information content (AvgIpc) is 2.29. The van der Waals surface area contributed by atoms with E-state index in [0.717, 1.165) is 6.42 Å². The Hall–Kier alpha value is -1.22. The lowest BCUT2D eigenvalue weighted by molar-refractivity contribution is -0.118. The van der Waals surface area contributed by atoms with E-state index in [9.17, 15) is 4.79 Å². The molecule has 3 nitrogen and oxygen atoms in total. The van der Waals surface area contributed by atoms with Gasteiger partial charge in [0.2, 0.25) is 0 Å². The molecular weight excluding hydrogens is 240 g/mol. The highest BCUT2D eigenvalue weighted by Crippen LogP contribution is 2.29. The molecular formula is C13H17ClO3. The van der Waals surface area contributed by atoms with Crippen LogP contribution in [-0.4, -0.2) is 18.5 Å². The lowest BCUT2D eigenvalue weighted by Gasteiger charge is -2.14. The predicted octanol–water partition coefficient (Wildman–Crippen LogP) is 3.49. The first-order valence-corrected chi connectivity index (χ1v) is 5.99. The molecule has 0 bridgehead atoms. The highest BCUT2D eigenvalue weighted by atomic mass is 35.5. The van der Waals surface area contributed by atoms with Crippen molar-refractivity contribution in [1.29, 1.82) is 0 Å². The molecule has 0 amide bonds. The van der Waals surface area contributed by atoms with Crippen molar-refractivity contribution in [2.45, 2.75) is 33.3 Å². The molecule has 1 atom stereocenters. The van der Waals surface area contributed by atoms with E-state index in [-0.39, 0.29) is 18.5 Å². The lowest BCUT2D eigenvalue weighted by Crippen LogP contribution is -2.10. The van der Waals surface area contributed by atoms with Gasteiger partial charge < -0.3 is 9.47 Å². The van der Waals surface area contributed by atoms with E-state index in [0.29, 0.717) is 16.5 Å². The number of ether oxygens (including phenoxy) is 2. The molecule has 0 aliphatic heterocycles. The van der Waals surface area contributed by atoms with Gasteiger partial charge in [0.05, 0.1) is 11.1 Å². The second kappa shape index (κ2) is 6.50. The minimum absolute atomic E-state index is 0.0268. The Morgan fingerprint density at radius 2 is 2.18 bits per heavy atom. The molecule has 0 aromatic heterocycles. The summed E-state index contributed by atoms with van der Waals surface area (Å²) in [6, 6.07) is 5.15. The van der Waals surface area contributed by atoms with Gasteiger partial charge in [0, 0.05) is 6.07 Å². The van der Waals surface area contributed by atoms with E-state index in [2.05, 4.69) is 0 Å². The van der Waals surface area contributed by atoms with E-state index in [1.165, 1.54) is 6.92 Å². The summed E-state index contributed by atoms with van der Waals surface area (Å²) in [6.45, 7) is 5.56. The van der Waals surface area contributed by atoms with E-state index in [4.69, 9.17) is 21.1 Å². The van der Waals surface area contributed by atoms with Crippen molar-refractivity contribution in [3.63, 3.8) is 0 Å². The van der Waals surface area contributed by atoms with Crippen LogP contribution in [0.1, 0.15) is 27.2 Å². The smallest absolute Gasteiger partial charge is 0.167 e. The summed E-state index contributed by atoms with van der Waals surface area (Å²) in [5.74, 6) is 1.18. The summed E-state index contributed by atoms with van der Waals surface area (Å²) in [6.07, 6.45) is 1.04. The maximum atomic E-state index is 10.8. The molecule has 17 heavy (non-hydrogen) atoms. The number of halogens is 1. The molecule has 0 aliphatic rings. The van der Waals surface area contributed by atoms with E-state index in [1.54, 1.807) is 18.2 Å². The van der Waals surface area contributed by atoms with Crippen molar-refractivity contribution in [3.05, 3.63) is 23.2 Å². The first kappa shape index (κ1) is 13.8. The number of hydrogen-bond acceptors (Lipinski definition) is 3. The van der Waals surface area contributed by atoms with Crippen LogP contribution in [0.2, 0.25) is 5.02 Å². The number of benzene rings is 1. The molecule has 1 unspecified atom stereocenters. The fraction of sp³-hybridized carbons (Fsp3) is 0.462. The fourth-order valence-electron chi connectivity index (χ4n) is 1.15. The minimum Gasteiger partial charge on any atom is -0.489 e. The average molecular weight is 257 g/mol. The molecule has 0 aliphatic carbocycles. The number of carbonyl (C=O) groups is 1. The molecule has 0 N–H and O–H groups in total.